The highest BCUT2D eigenvalue weighted by atomic mass is 32.2. The van der Waals surface area contributed by atoms with E-state index in [0.29, 0.717) is 5.56 Å². The Morgan fingerprint density at radius 1 is 1.33 bits per heavy atom. The molecular weight excluding hydrogens is 326 g/mol. The average Bonchev–Trinajstić information content (AvgIpc) is 3.03. The molecule has 0 aliphatic carbocycles. The molecule has 0 atom stereocenters. The highest BCUT2D eigenvalue weighted by Crippen LogP contribution is 2.25. The molecule has 6 nitrogen and oxygen atoms in total. The maximum Gasteiger partial charge on any atom is 0.325 e. The van der Waals surface area contributed by atoms with Crippen LogP contribution in [0.25, 0.3) is 10.9 Å². The second kappa shape index (κ2) is 7.72. The van der Waals surface area contributed by atoms with E-state index in [4.69, 9.17) is 0 Å². The predicted molar refractivity (Wildman–Crippen MR) is 95.2 cm³/mol. The molecule has 2 aromatic rings. The molecule has 1 aliphatic heterocycles. The Balaban J connectivity index is 1.83. The SMILES string of the molecule is COC(=O)CNC(=O)c1cccc2[nH]cc(CN3CCSCC3)c12. The number of nitrogens with zero attached hydrogens (tertiary/aromatic N) is 1. The van der Waals surface area contributed by atoms with Gasteiger partial charge in [-0.25, -0.2) is 0 Å². The average molecular weight is 347 g/mol. The van der Waals surface area contributed by atoms with Gasteiger partial charge in [0.2, 0.25) is 0 Å². The van der Waals surface area contributed by atoms with Gasteiger partial charge in [0, 0.05) is 53.8 Å². The molecule has 0 radical (unpaired) electrons. The van der Waals surface area contributed by atoms with Gasteiger partial charge in [-0.05, 0) is 17.7 Å². The first-order valence-electron chi connectivity index (χ1n) is 7.93. The van der Waals surface area contributed by atoms with Gasteiger partial charge >= 0.3 is 5.97 Å². The lowest BCUT2D eigenvalue weighted by atomic mass is 10.0. The van der Waals surface area contributed by atoms with Crippen LogP contribution in [0.3, 0.4) is 0 Å². The normalized spacial score (nSPS) is 15.4. The van der Waals surface area contributed by atoms with Crippen molar-refractivity contribution in [3.8, 4) is 0 Å². The number of amides is 1. The molecule has 7 heteroatoms. The van der Waals surface area contributed by atoms with Crippen molar-refractivity contribution in [3.05, 3.63) is 35.5 Å². The number of aromatic nitrogens is 1. The second-order valence-corrected chi connectivity index (χ2v) is 6.91. The first-order chi connectivity index (χ1) is 11.7. The van der Waals surface area contributed by atoms with Gasteiger partial charge in [-0.2, -0.15) is 11.8 Å². The number of benzene rings is 1. The summed E-state index contributed by atoms with van der Waals surface area (Å²) < 4.78 is 4.56. The van der Waals surface area contributed by atoms with Gasteiger partial charge in [-0.3, -0.25) is 14.5 Å². The third-order valence-electron chi connectivity index (χ3n) is 4.15. The van der Waals surface area contributed by atoms with Crippen molar-refractivity contribution >= 4 is 34.5 Å². The van der Waals surface area contributed by atoms with Crippen molar-refractivity contribution in [2.75, 3.05) is 38.2 Å². The lowest BCUT2D eigenvalue weighted by Crippen LogP contribution is -2.32. The van der Waals surface area contributed by atoms with Crippen LogP contribution in [0, 0.1) is 0 Å². The van der Waals surface area contributed by atoms with Gasteiger partial charge in [-0.15, -0.1) is 0 Å². The summed E-state index contributed by atoms with van der Waals surface area (Å²) in [6, 6.07) is 5.59. The summed E-state index contributed by atoms with van der Waals surface area (Å²) in [6.45, 7) is 2.82. The van der Waals surface area contributed by atoms with Gasteiger partial charge in [0.05, 0.1) is 7.11 Å². The molecule has 2 N–H and O–H groups in total. The number of rotatable bonds is 5. The van der Waals surface area contributed by atoms with E-state index >= 15 is 0 Å². The summed E-state index contributed by atoms with van der Waals surface area (Å²) in [5.41, 5.74) is 2.63. The first-order valence-corrected chi connectivity index (χ1v) is 9.08. The molecule has 1 fully saturated rings. The number of fused-ring (bicyclic) bond motifs is 1. The van der Waals surface area contributed by atoms with Crippen LogP contribution in [-0.2, 0) is 16.1 Å². The minimum Gasteiger partial charge on any atom is -0.468 e. The van der Waals surface area contributed by atoms with Crippen LogP contribution in [0.4, 0.5) is 0 Å². The molecule has 1 amide bonds. The molecule has 1 saturated heterocycles. The number of hydrogen-bond donors (Lipinski definition) is 2. The van der Waals surface area contributed by atoms with E-state index < -0.39 is 5.97 Å². The molecule has 24 heavy (non-hydrogen) atoms. The zero-order chi connectivity index (χ0) is 16.9. The molecule has 0 spiro atoms. The Hall–Kier alpha value is -1.99. The van der Waals surface area contributed by atoms with Gasteiger partial charge in [0.15, 0.2) is 0 Å². The summed E-state index contributed by atoms with van der Waals surface area (Å²) in [5.74, 6) is 1.57. The van der Waals surface area contributed by atoms with Crippen molar-refractivity contribution in [2.24, 2.45) is 0 Å². The van der Waals surface area contributed by atoms with Crippen molar-refractivity contribution in [1.29, 1.82) is 0 Å². The molecule has 0 saturated carbocycles. The summed E-state index contributed by atoms with van der Waals surface area (Å²) >= 11 is 1.98. The molecule has 1 aromatic carbocycles. The zero-order valence-corrected chi connectivity index (χ0v) is 14.4. The van der Waals surface area contributed by atoms with Gasteiger partial charge in [-0.1, -0.05) is 6.07 Å². The molecule has 0 unspecified atom stereocenters. The van der Waals surface area contributed by atoms with Crippen LogP contribution in [0.15, 0.2) is 24.4 Å². The van der Waals surface area contributed by atoms with Crippen molar-refractivity contribution < 1.29 is 14.3 Å². The van der Waals surface area contributed by atoms with Crippen molar-refractivity contribution in [2.45, 2.75) is 6.54 Å². The summed E-state index contributed by atoms with van der Waals surface area (Å²) in [6.07, 6.45) is 1.98. The van der Waals surface area contributed by atoms with Gasteiger partial charge in [0.25, 0.3) is 5.91 Å². The maximum atomic E-state index is 12.5. The highest BCUT2D eigenvalue weighted by molar-refractivity contribution is 7.99. The summed E-state index contributed by atoms with van der Waals surface area (Å²) in [5, 5.41) is 3.55. The molecule has 3 rings (SSSR count). The molecule has 1 aromatic heterocycles. The molecule has 128 valence electrons. The van der Waals surface area contributed by atoms with Crippen LogP contribution in [0.1, 0.15) is 15.9 Å². The number of esters is 1. The number of carbonyl (C=O) groups is 2. The Bertz CT molecular complexity index is 738. The predicted octanol–water partition coefficient (Wildman–Crippen LogP) is 1.62. The molecule has 1 aliphatic rings. The van der Waals surface area contributed by atoms with E-state index in [9.17, 15) is 9.59 Å². The van der Waals surface area contributed by atoms with Crippen LogP contribution in [0.5, 0.6) is 0 Å². The van der Waals surface area contributed by atoms with Crippen LogP contribution < -0.4 is 5.32 Å². The minimum atomic E-state index is -0.462. The maximum absolute atomic E-state index is 12.5. The highest BCUT2D eigenvalue weighted by Gasteiger charge is 2.18. The quantitative estimate of drug-likeness (QED) is 0.804. The Morgan fingerprint density at radius 2 is 2.12 bits per heavy atom. The number of ether oxygens (including phenoxy) is 1. The Kier molecular flexibility index (Phi) is 5.42. The molecule has 2 heterocycles. The van der Waals surface area contributed by atoms with E-state index in [0.717, 1.165) is 47.6 Å². The third kappa shape index (κ3) is 3.73. The number of H-pyrrole nitrogens is 1. The summed E-state index contributed by atoms with van der Waals surface area (Å²) in [4.78, 5) is 29.4. The van der Waals surface area contributed by atoms with E-state index in [1.54, 1.807) is 6.07 Å². The molecular formula is C17H21N3O3S. The minimum absolute atomic E-state index is 0.130. The van der Waals surface area contributed by atoms with E-state index in [1.807, 2.05) is 30.1 Å². The van der Waals surface area contributed by atoms with Crippen molar-refractivity contribution in [3.63, 3.8) is 0 Å². The fourth-order valence-corrected chi connectivity index (χ4v) is 3.87. The third-order valence-corrected chi connectivity index (χ3v) is 5.09. The lowest BCUT2D eigenvalue weighted by molar-refractivity contribution is -0.139. The van der Waals surface area contributed by atoms with Crippen LogP contribution >= 0.6 is 11.8 Å². The van der Waals surface area contributed by atoms with E-state index in [2.05, 4.69) is 19.9 Å². The number of carbonyl (C=O) groups excluding carboxylic acids is 2. The first kappa shape index (κ1) is 16.9. The van der Waals surface area contributed by atoms with Gasteiger partial charge in [0.1, 0.15) is 6.54 Å². The zero-order valence-electron chi connectivity index (χ0n) is 13.6. The number of thioether (sulfide) groups is 1. The summed E-state index contributed by atoms with van der Waals surface area (Å²) in [7, 11) is 1.30. The smallest absolute Gasteiger partial charge is 0.325 e. The Labute approximate surface area is 144 Å². The van der Waals surface area contributed by atoms with Crippen LogP contribution in [0.2, 0.25) is 0 Å². The lowest BCUT2D eigenvalue weighted by Gasteiger charge is -2.26. The topological polar surface area (TPSA) is 74.4 Å². The van der Waals surface area contributed by atoms with E-state index in [1.165, 1.54) is 7.11 Å². The monoisotopic (exact) mass is 347 g/mol. The Morgan fingerprint density at radius 3 is 2.88 bits per heavy atom. The number of aromatic amines is 1. The molecule has 0 bridgehead atoms. The number of nitrogens with one attached hydrogen (secondary N) is 2. The number of hydrogen-bond acceptors (Lipinski definition) is 5. The second-order valence-electron chi connectivity index (χ2n) is 5.69. The van der Waals surface area contributed by atoms with Crippen LogP contribution in [-0.4, -0.2) is 60.0 Å². The standard InChI is InChI=1S/C17H21N3O3S/c1-23-15(21)10-19-17(22)13-3-2-4-14-16(13)12(9-18-14)11-20-5-7-24-8-6-20/h2-4,9,18H,5-8,10-11H2,1H3,(H,19,22). The van der Waals surface area contributed by atoms with Crippen molar-refractivity contribution in [1.82, 2.24) is 15.2 Å². The largest absolute Gasteiger partial charge is 0.468 e. The number of methoxy groups -OCH3 is 1. The van der Waals surface area contributed by atoms with Gasteiger partial charge < -0.3 is 15.0 Å². The fraction of sp³-hybridized carbons (Fsp3) is 0.412. The fourth-order valence-electron chi connectivity index (χ4n) is 2.89. The van der Waals surface area contributed by atoms with E-state index in [-0.39, 0.29) is 12.5 Å².